The summed E-state index contributed by atoms with van der Waals surface area (Å²) in [5.74, 6) is -0.306. The van der Waals surface area contributed by atoms with Gasteiger partial charge in [-0.2, -0.15) is 0 Å². The Bertz CT molecular complexity index is 137. The molecule has 4 heteroatoms. The van der Waals surface area contributed by atoms with Gasteiger partial charge in [0, 0.05) is 0 Å². The van der Waals surface area contributed by atoms with Crippen LogP contribution < -0.4 is 5.73 Å². The standard InChI is InChI=1S/C8H18N2O2/c1-4-12-8(11)7(9)5-6-10(2)3/h7H,4-6,9H2,1-3H3. The SMILES string of the molecule is CCOC(=O)C(N)CCN(C)C. The van der Waals surface area contributed by atoms with E-state index in [2.05, 4.69) is 0 Å². The molecule has 0 aliphatic heterocycles. The number of nitrogens with zero attached hydrogens (tertiary/aromatic N) is 1. The summed E-state index contributed by atoms with van der Waals surface area (Å²) < 4.78 is 4.75. The van der Waals surface area contributed by atoms with E-state index in [-0.39, 0.29) is 5.97 Å². The molecule has 0 radical (unpaired) electrons. The third-order valence-electron chi connectivity index (χ3n) is 1.48. The van der Waals surface area contributed by atoms with Crippen LogP contribution in [-0.4, -0.2) is 44.2 Å². The minimum Gasteiger partial charge on any atom is -0.465 e. The first-order valence-corrected chi connectivity index (χ1v) is 4.14. The van der Waals surface area contributed by atoms with E-state index in [9.17, 15) is 4.79 Å². The summed E-state index contributed by atoms with van der Waals surface area (Å²) >= 11 is 0. The Hall–Kier alpha value is -0.610. The fourth-order valence-corrected chi connectivity index (χ4v) is 0.764. The third-order valence-corrected chi connectivity index (χ3v) is 1.48. The van der Waals surface area contributed by atoms with Gasteiger partial charge in [-0.3, -0.25) is 4.79 Å². The van der Waals surface area contributed by atoms with Crippen molar-refractivity contribution in [3.8, 4) is 0 Å². The van der Waals surface area contributed by atoms with Gasteiger partial charge in [0.25, 0.3) is 0 Å². The van der Waals surface area contributed by atoms with Crippen molar-refractivity contribution in [1.29, 1.82) is 0 Å². The molecular formula is C8H18N2O2. The van der Waals surface area contributed by atoms with Crippen molar-refractivity contribution in [2.75, 3.05) is 27.2 Å². The zero-order valence-electron chi connectivity index (χ0n) is 8.04. The van der Waals surface area contributed by atoms with Crippen molar-refractivity contribution in [2.24, 2.45) is 5.73 Å². The van der Waals surface area contributed by atoms with Crippen LogP contribution in [0.4, 0.5) is 0 Å². The molecule has 0 bridgehead atoms. The number of hydrogen-bond acceptors (Lipinski definition) is 4. The Labute approximate surface area is 73.7 Å². The summed E-state index contributed by atoms with van der Waals surface area (Å²) in [6.07, 6.45) is 0.645. The third kappa shape index (κ3) is 5.09. The first-order valence-electron chi connectivity index (χ1n) is 4.14. The first kappa shape index (κ1) is 11.4. The second kappa shape index (κ2) is 5.97. The minimum atomic E-state index is -0.479. The van der Waals surface area contributed by atoms with Gasteiger partial charge in [0.05, 0.1) is 6.61 Å². The molecule has 0 fully saturated rings. The summed E-state index contributed by atoms with van der Waals surface area (Å²) in [6, 6.07) is -0.479. The van der Waals surface area contributed by atoms with Gasteiger partial charge in [-0.15, -0.1) is 0 Å². The second-order valence-electron chi connectivity index (χ2n) is 2.95. The van der Waals surface area contributed by atoms with Crippen LogP contribution in [0.5, 0.6) is 0 Å². The average Bonchev–Trinajstić information content (AvgIpc) is 2.00. The molecule has 4 nitrogen and oxygen atoms in total. The Morgan fingerprint density at radius 2 is 2.17 bits per heavy atom. The second-order valence-corrected chi connectivity index (χ2v) is 2.95. The lowest BCUT2D eigenvalue weighted by Gasteiger charge is -2.13. The fourth-order valence-electron chi connectivity index (χ4n) is 0.764. The summed E-state index contributed by atoms with van der Waals surface area (Å²) in [6.45, 7) is 2.98. The summed E-state index contributed by atoms with van der Waals surface area (Å²) in [4.78, 5) is 13.0. The van der Waals surface area contributed by atoms with Crippen molar-refractivity contribution in [1.82, 2.24) is 4.90 Å². The van der Waals surface area contributed by atoms with Gasteiger partial charge in [-0.1, -0.05) is 0 Å². The van der Waals surface area contributed by atoms with Gasteiger partial charge in [0.15, 0.2) is 0 Å². The molecule has 0 aromatic rings. The maximum absolute atomic E-state index is 11.0. The summed E-state index contributed by atoms with van der Waals surface area (Å²) in [5, 5.41) is 0. The number of rotatable bonds is 5. The number of esters is 1. The number of ether oxygens (including phenoxy) is 1. The molecule has 12 heavy (non-hydrogen) atoms. The molecule has 0 aliphatic rings. The zero-order chi connectivity index (χ0) is 9.56. The van der Waals surface area contributed by atoms with Crippen LogP contribution >= 0.6 is 0 Å². The molecule has 1 atom stereocenters. The molecule has 0 aromatic heterocycles. The smallest absolute Gasteiger partial charge is 0.322 e. The zero-order valence-corrected chi connectivity index (χ0v) is 8.04. The predicted molar refractivity (Wildman–Crippen MR) is 47.8 cm³/mol. The van der Waals surface area contributed by atoms with Gasteiger partial charge >= 0.3 is 5.97 Å². The fraction of sp³-hybridized carbons (Fsp3) is 0.875. The van der Waals surface area contributed by atoms with E-state index in [1.54, 1.807) is 6.92 Å². The number of nitrogens with two attached hydrogens (primary N) is 1. The topological polar surface area (TPSA) is 55.6 Å². The van der Waals surface area contributed by atoms with Crippen LogP contribution in [0.2, 0.25) is 0 Å². The van der Waals surface area contributed by atoms with Crippen LogP contribution in [-0.2, 0) is 9.53 Å². The Morgan fingerprint density at radius 3 is 2.58 bits per heavy atom. The molecule has 0 aromatic carbocycles. The first-order chi connectivity index (χ1) is 5.57. The van der Waals surface area contributed by atoms with Crippen molar-refractivity contribution in [3.63, 3.8) is 0 Å². The Morgan fingerprint density at radius 1 is 1.58 bits per heavy atom. The molecule has 0 rings (SSSR count). The van der Waals surface area contributed by atoms with E-state index in [0.29, 0.717) is 13.0 Å². The quantitative estimate of drug-likeness (QED) is 0.588. The molecule has 1 unspecified atom stereocenters. The van der Waals surface area contributed by atoms with E-state index in [4.69, 9.17) is 10.5 Å². The highest BCUT2D eigenvalue weighted by molar-refractivity contribution is 5.75. The summed E-state index contributed by atoms with van der Waals surface area (Å²) in [7, 11) is 3.88. The van der Waals surface area contributed by atoms with Crippen LogP contribution in [0.3, 0.4) is 0 Å². The molecule has 0 aliphatic carbocycles. The van der Waals surface area contributed by atoms with Crippen molar-refractivity contribution < 1.29 is 9.53 Å². The monoisotopic (exact) mass is 174 g/mol. The molecule has 0 saturated heterocycles. The molecular weight excluding hydrogens is 156 g/mol. The van der Waals surface area contributed by atoms with Gasteiger partial charge in [0.2, 0.25) is 0 Å². The van der Waals surface area contributed by atoms with Crippen LogP contribution in [0.15, 0.2) is 0 Å². The average molecular weight is 174 g/mol. The van der Waals surface area contributed by atoms with Gasteiger partial charge in [0.1, 0.15) is 6.04 Å². The van der Waals surface area contributed by atoms with E-state index in [1.807, 2.05) is 19.0 Å². The van der Waals surface area contributed by atoms with Gasteiger partial charge in [-0.25, -0.2) is 0 Å². The minimum absolute atomic E-state index is 0.306. The maximum Gasteiger partial charge on any atom is 0.322 e. The van der Waals surface area contributed by atoms with Gasteiger partial charge < -0.3 is 15.4 Å². The Balaban J connectivity index is 3.56. The van der Waals surface area contributed by atoms with Crippen molar-refractivity contribution >= 4 is 5.97 Å². The molecule has 72 valence electrons. The maximum atomic E-state index is 11.0. The van der Waals surface area contributed by atoms with Gasteiger partial charge in [-0.05, 0) is 34.0 Å². The predicted octanol–water partition coefficient (Wildman–Crippen LogP) is -0.171. The molecule has 0 amide bonds. The molecule has 0 saturated carbocycles. The molecule has 2 N–H and O–H groups in total. The normalized spacial score (nSPS) is 13.1. The molecule has 0 spiro atoms. The van der Waals surface area contributed by atoms with Crippen molar-refractivity contribution in [3.05, 3.63) is 0 Å². The highest BCUT2D eigenvalue weighted by Crippen LogP contribution is 1.93. The van der Waals surface area contributed by atoms with E-state index >= 15 is 0 Å². The largest absolute Gasteiger partial charge is 0.465 e. The highest BCUT2D eigenvalue weighted by atomic mass is 16.5. The lowest BCUT2D eigenvalue weighted by Crippen LogP contribution is -2.35. The summed E-state index contributed by atoms with van der Waals surface area (Å²) in [5.41, 5.74) is 5.55. The van der Waals surface area contributed by atoms with Crippen LogP contribution in [0.1, 0.15) is 13.3 Å². The highest BCUT2D eigenvalue weighted by Gasteiger charge is 2.13. The van der Waals surface area contributed by atoms with E-state index < -0.39 is 6.04 Å². The number of carbonyl (C=O) groups is 1. The lowest BCUT2D eigenvalue weighted by atomic mass is 10.2. The van der Waals surface area contributed by atoms with Crippen LogP contribution in [0, 0.1) is 0 Å². The molecule has 0 heterocycles. The lowest BCUT2D eigenvalue weighted by molar-refractivity contribution is -0.144. The number of hydrogen-bond donors (Lipinski definition) is 1. The number of carbonyl (C=O) groups excluding carboxylic acids is 1. The van der Waals surface area contributed by atoms with Crippen molar-refractivity contribution in [2.45, 2.75) is 19.4 Å². The van der Waals surface area contributed by atoms with E-state index in [1.165, 1.54) is 0 Å². The Kier molecular flexibility index (Phi) is 5.66. The van der Waals surface area contributed by atoms with E-state index in [0.717, 1.165) is 6.54 Å². The van der Waals surface area contributed by atoms with Crippen LogP contribution in [0.25, 0.3) is 0 Å².